The van der Waals surface area contributed by atoms with Gasteiger partial charge in [0.05, 0.1) is 17.7 Å². The predicted octanol–water partition coefficient (Wildman–Crippen LogP) is 7.40. The van der Waals surface area contributed by atoms with Crippen LogP contribution in [-0.2, 0) is 0 Å². The number of fused-ring (bicyclic) bond motifs is 1. The summed E-state index contributed by atoms with van der Waals surface area (Å²) in [7, 11) is 0. The van der Waals surface area contributed by atoms with Crippen molar-refractivity contribution >= 4 is 10.8 Å². The Kier molecular flexibility index (Phi) is 7.40. The van der Waals surface area contributed by atoms with Crippen LogP contribution in [0.3, 0.4) is 0 Å². The monoisotopic (exact) mass is 512 g/mol. The van der Waals surface area contributed by atoms with Gasteiger partial charge in [-0.25, -0.2) is 30.7 Å². The molecule has 0 radical (unpaired) electrons. The number of halogens is 7. The van der Waals surface area contributed by atoms with Gasteiger partial charge < -0.3 is 4.74 Å². The SMILES string of the molecule is CCCOc1cc(F)c(C#Cc2cc(F)c(C#Cc3ccc4c(F)c(F)c(F)cc4c3)c(F)c2)c(F)c1. The van der Waals surface area contributed by atoms with Crippen molar-refractivity contribution in [2.45, 2.75) is 13.3 Å². The predicted molar refractivity (Wildman–Crippen MR) is 124 cm³/mol. The molecule has 0 bridgehead atoms. The average molecular weight is 512 g/mol. The molecular formula is C29H15F7O. The molecule has 8 heteroatoms. The number of benzene rings is 4. The summed E-state index contributed by atoms with van der Waals surface area (Å²) in [6, 6.07) is 8.11. The van der Waals surface area contributed by atoms with Crippen molar-refractivity contribution in [1.82, 2.24) is 0 Å². The molecule has 1 nitrogen and oxygen atoms in total. The maximum absolute atomic E-state index is 14.6. The minimum atomic E-state index is -1.61. The first-order valence-electron chi connectivity index (χ1n) is 10.9. The van der Waals surface area contributed by atoms with E-state index in [1.165, 1.54) is 18.2 Å². The zero-order valence-corrected chi connectivity index (χ0v) is 19.1. The standard InChI is InChI=1S/C29H15F7O/c1-2-9-37-19-14-25(32)22(26(33)15-19)8-5-17-11-23(30)21(24(31)12-17)7-4-16-3-6-20-18(10-16)13-27(34)29(36)28(20)35/h3,6,10-15H,2,9H2,1H3. The van der Waals surface area contributed by atoms with Crippen molar-refractivity contribution in [3.05, 3.63) is 112 Å². The third-order valence-corrected chi connectivity index (χ3v) is 5.17. The summed E-state index contributed by atoms with van der Waals surface area (Å²) in [5.74, 6) is 0.846. The molecule has 4 rings (SSSR count). The Hall–Kier alpha value is -4.43. The zero-order valence-electron chi connectivity index (χ0n) is 19.1. The third kappa shape index (κ3) is 5.54. The first-order valence-corrected chi connectivity index (χ1v) is 10.9. The summed E-state index contributed by atoms with van der Waals surface area (Å²) < 4.78 is 104. The van der Waals surface area contributed by atoms with E-state index in [2.05, 4.69) is 23.7 Å². The molecule has 0 fully saturated rings. The van der Waals surface area contributed by atoms with Crippen LogP contribution < -0.4 is 4.74 Å². The quantitative estimate of drug-likeness (QED) is 0.158. The maximum atomic E-state index is 14.6. The summed E-state index contributed by atoms with van der Waals surface area (Å²) in [6.07, 6.45) is 0.645. The molecule has 0 aliphatic carbocycles. The minimum absolute atomic E-state index is 0.00346. The van der Waals surface area contributed by atoms with Crippen molar-refractivity contribution < 1.29 is 35.5 Å². The van der Waals surface area contributed by atoms with E-state index in [0.717, 1.165) is 30.3 Å². The second-order valence-electron chi connectivity index (χ2n) is 7.85. The van der Waals surface area contributed by atoms with Crippen LogP contribution in [0.25, 0.3) is 10.8 Å². The molecule has 4 aromatic carbocycles. The van der Waals surface area contributed by atoms with Crippen molar-refractivity contribution in [3.8, 4) is 29.4 Å². The van der Waals surface area contributed by atoms with Gasteiger partial charge in [0.15, 0.2) is 17.5 Å². The average Bonchev–Trinajstić information content (AvgIpc) is 2.85. The molecule has 186 valence electrons. The van der Waals surface area contributed by atoms with Crippen LogP contribution in [-0.4, -0.2) is 6.61 Å². The van der Waals surface area contributed by atoms with Gasteiger partial charge in [0, 0.05) is 28.6 Å². The van der Waals surface area contributed by atoms with Gasteiger partial charge in [0.2, 0.25) is 0 Å². The van der Waals surface area contributed by atoms with Crippen molar-refractivity contribution in [3.63, 3.8) is 0 Å². The molecule has 0 N–H and O–H groups in total. The number of ether oxygens (including phenoxy) is 1. The van der Waals surface area contributed by atoms with Crippen molar-refractivity contribution in [2.75, 3.05) is 6.61 Å². The largest absolute Gasteiger partial charge is 0.493 e. The highest BCUT2D eigenvalue weighted by Crippen LogP contribution is 2.24. The topological polar surface area (TPSA) is 9.23 Å². The van der Waals surface area contributed by atoms with E-state index >= 15 is 0 Å². The second-order valence-corrected chi connectivity index (χ2v) is 7.85. The Morgan fingerprint density at radius 2 is 1.16 bits per heavy atom. The van der Waals surface area contributed by atoms with Crippen LogP contribution in [0.2, 0.25) is 0 Å². The van der Waals surface area contributed by atoms with Crippen LogP contribution in [0.4, 0.5) is 30.7 Å². The molecule has 0 amide bonds. The van der Waals surface area contributed by atoms with Gasteiger partial charge >= 0.3 is 0 Å². The fraction of sp³-hybridized carbons (Fsp3) is 0.103. The molecule has 0 saturated carbocycles. The summed E-state index contributed by atoms with van der Waals surface area (Å²) in [5.41, 5.74) is -1.23. The molecule has 0 unspecified atom stereocenters. The molecular weight excluding hydrogens is 497 g/mol. The number of hydrogen-bond donors (Lipinski definition) is 0. The van der Waals surface area contributed by atoms with Crippen molar-refractivity contribution in [2.24, 2.45) is 0 Å². The van der Waals surface area contributed by atoms with E-state index in [1.54, 1.807) is 0 Å². The molecule has 0 saturated heterocycles. The highest BCUT2D eigenvalue weighted by Gasteiger charge is 2.14. The van der Waals surface area contributed by atoms with E-state index in [4.69, 9.17) is 4.74 Å². The molecule has 37 heavy (non-hydrogen) atoms. The van der Waals surface area contributed by atoms with E-state index in [9.17, 15) is 30.7 Å². The Labute approximate surface area is 207 Å². The molecule has 0 aliphatic heterocycles. The summed E-state index contributed by atoms with van der Waals surface area (Å²) >= 11 is 0. The number of hydrogen-bond acceptors (Lipinski definition) is 1. The van der Waals surface area contributed by atoms with Gasteiger partial charge in [0.25, 0.3) is 0 Å². The summed E-state index contributed by atoms with van der Waals surface area (Å²) in [6.45, 7) is 2.11. The van der Waals surface area contributed by atoms with E-state index in [1.807, 2.05) is 6.92 Å². The summed E-state index contributed by atoms with van der Waals surface area (Å²) in [4.78, 5) is 0. The van der Waals surface area contributed by atoms with Gasteiger partial charge in [-0.2, -0.15) is 0 Å². The smallest absolute Gasteiger partial charge is 0.195 e. The molecule has 0 spiro atoms. The lowest BCUT2D eigenvalue weighted by atomic mass is 10.1. The normalized spacial score (nSPS) is 10.5. The van der Waals surface area contributed by atoms with Gasteiger partial charge in [-0.1, -0.05) is 36.7 Å². The van der Waals surface area contributed by atoms with Crippen LogP contribution in [0.1, 0.15) is 35.6 Å². The van der Waals surface area contributed by atoms with E-state index in [0.29, 0.717) is 6.42 Å². The lowest BCUT2D eigenvalue weighted by Gasteiger charge is -2.06. The lowest BCUT2D eigenvalue weighted by Crippen LogP contribution is -1.98. The van der Waals surface area contributed by atoms with Gasteiger partial charge in [-0.05, 0) is 42.1 Å². The van der Waals surface area contributed by atoms with E-state index in [-0.39, 0.29) is 34.3 Å². The first kappa shape index (κ1) is 25.7. The zero-order chi connectivity index (χ0) is 26.7. The molecule has 0 atom stereocenters. The molecule has 0 heterocycles. The second kappa shape index (κ2) is 10.7. The van der Waals surface area contributed by atoms with Crippen LogP contribution in [0.5, 0.6) is 5.75 Å². The van der Waals surface area contributed by atoms with Crippen LogP contribution in [0.15, 0.2) is 48.5 Å². The highest BCUT2D eigenvalue weighted by atomic mass is 19.2. The minimum Gasteiger partial charge on any atom is -0.493 e. The van der Waals surface area contributed by atoms with Crippen LogP contribution in [0, 0.1) is 64.4 Å². The fourth-order valence-electron chi connectivity index (χ4n) is 3.39. The molecule has 0 aliphatic rings. The Balaban J connectivity index is 1.62. The highest BCUT2D eigenvalue weighted by molar-refractivity contribution is 5.84. The Morgan fingerprint density at radius 1 is 0.595 bits per heavy atom. The first-order chi connectivity index (χ1) is 17.7. The fourth-order valence-corrected chi connectivity index (χ4v) is 3.39. The Morgan fingerprint density at radius 3 is 1.76 bits per heavy atom. The Bertz CT molecular complexity index is 1610. The van der Waals surface area contributed by atoms with Crippen LogP contribution >= 0.6 is 0 Å². The third-order valence-electron chi connectivity index (χ3n) is 5.17. The van der Waals surface area contributed by atoms with Crippen molar-refractivity contribution in [1.29, 1.82) is 0 Å². The number of rotatable bonds is 3. The molecule has 4 aromatic rings. The van der Waals surface area contributed by atoms with E-state index < -0.39 is 51.8 Å². The van der Waals surface area contributed by atoms with Gasteiger partial charge in [-0.3, -0.25) is 0 Å². The lowest BCUT2D eigenvalue weighted by molar-refractivity contribution is 0.313. The van der Waals surface area contributed by atoms with Gasteiger partial charge in [0.1, 0.15) is 29.0 Å². The summed E-state index contributed by atoms with van der Waals surface area (Å²) in [5, 5.41) is -0.167. The maximum Gasteiger partial charge on any atom is 0.195 e. The van der Waals surface area contributed by atoms with Gasteiger partial charge in [-0.15, -0.1) is 0 Å². The molecule has 0 aromatic heterocycles.